The molecule has 4 aromatic heterocycles. The summed E-state index contributed by atoms with van der Waals surface area (Å²) in [5.74, 6) is 0.122. The highest BCUT2D eigenvalue weighted by Crippen LogP contribution is 2.37. The smallest absolute Gasteiger partial charge is 0.201 e. The fourth-order valence-corrected chi connectivity index (χ4v) is 5.51. The fourth-order valence-electron chi connectivity index (χ4n) is 5.51. The van der Waals surface area contributed by atoms with E-state index in [1.165, 1.54) is 0 Å². The molecule has 0 bridgehead atoms. The SMILES string of the molecule is CC1(C)CC(n2nnc3cc(-c4ccc(-c5ccn6nncc6c5)cc4O)nnc32)CC(C)(C)N1.Cl. The number of piperidine rings is 1. The fraction of sp³-hybridized carbons (Fsp3) is 0.360. The van der Waals surface area contributed by atoms with Crippen LogP contribution in [0.25, 0.3) is 39.1 Å². The number of rotatable bonds is 3. The first kappa shape index (κ1) is 24.1. The van der Waals surface area contributed by atoms with E-state index in [1.54, 1.807) is 16.8 Å². The molecule has 1 fully saturated rings. The zero-order valence-corrected chi connectivity index (χ0v) is 21.4. The molecule has 0 spiro atoms. The molecule has 186 valence electrons. The Balaban J connectivity index is 0.00000267. The third kappa shape index (κ3) is 4.27. The molecule has 0 unspecified atom stereocenters. The van der Waals surface area contributed by atoms with E-state index in [0.29, 0.717) is 22.4 Å². The Morgan fingerprint density at radius 1 is 0.917 bits per heavy atom. The zero-order valence-electron chi connectivity index (χ0n) is 20.5. The first-order valence-corrected chi connectivity index (χ1v) is 11.7. The molecule has 1 aromatic carbocycles. The number of hydrogen-bond acceptors (Lipinski definition) is 8. The van der Waals surface area contributed by atoms with Gasteiger partial charge in [-0.2, -0.15) is 0 Å². The molecule has 0 saturated carbocycles. The third-order valence-electron chi connectivity index (χ3n) is 6.64. The number of halogens is 1. The molecular weight excluding hydrogens is 478 g/mol. The van der Waals surface area contributed by atoms with Crippen molar-refractivity contribution < 1.29 is 5.11 Å². The van der Waals surface area contributed by atoms with Crippen molar-refractivity contribution in [1.29, 1.82) is 0 Å². The minimum Gasteiger partial charge on any atom is -0.507 e. The van der Waals surface area contributed by atoms with E-state index in [-0.39, 0.29) is 35.3 Å². The van der Waals surface area contributed by atoms with Crippen molar-refractivity contribution >= 4 is 29.1 Å². The molecule has 5 heterocycles. The number of benzene rings is 1. The summed E-state index contributed by atoms with van der Waals surface area (Å²) < 4.78 is 3.60. The molecule has 0 aliphatic carbocycles. The molecule has 5 aromatic rings. The van der Waals surface area contributed by atoms with Crippen LogP contribution in [-0.2, 0) is 0 Å². The summed E-state index contributed by atoms with van der Waals surface area (Å²) in [7, 11) is 0. The maximum absolute atomic E-state index is 10.8. The summed E-state index contributed by atoms with van der Waals surface area (Å²) in [5.41, 5.74) is 5.13. The number of nitrogens with zero attached hydrogens (tertiary/aromatic N) is 8. The van der Waals surface area contributed by atoms with Gasteiger partial charge in [0, 0.05) is 22.8 Å². The van der Waals surface area contributed by atoms with Crippen molar-refractivity contribution in [3.05, 3.63) is 48.8 Å². The molecule has 2 N–H and O–H groups in total. The number of pyridine rings is 1. The van der Waals surface area contributed by atoms with Crippen LogP contribution in [0.5, 0.6) is 5.75 Å². The van der Waals surface area contributed by atoms with Gasteiger partial charge in [0.25, 0.3) is 0 Å². The normalized spacial score (nSPS) is 17.3. The van der Waals surface area contributed by atoms with Crippen LogP contribution < -0.4 is 5.32 Å². The number of phenols is 1. The van der Waals surface area contributed by atoms with Crippen molar-refractivity contribution in [2.45, 2.75) is 57.7 Å². The van der Waals surface area contributed by atoms with Crippen LogP contribution >= 0.6 is 12.4 Å². The van der Waals surface area contributed by atoms with Crippen molar-refractivity contribution in [3.63, 3.8) is 0 Å². The Labute approximate surface area is 214 Å². The summed E-state index contributed by atoms with van der Waals surface area (Å²) in [6.45, 7) is 8.84. The van der Waals surface area contributed by atoms with Gasteiger partial charge in [-0.3, -0.25) is 0 Å². The van der Waals surface area contributed by atoms with Gasteiger partial charge in [-0.1, -0.05) is 16.5 Å². The third-order valence-corrected chi connectivity index (χ3v) is 6.64. The zero-order chi connectivity index (χ0) is 24.4. The van der Waals surface area contributed by atoms with Gasteiger partial charge < -0.3 is 10.4 Å². The van der Waals surface area contributed by atoms with E-state index in [4.69, 9.17) is 0 Å². The van der Waals surface area contributed by atoms with Gasteiger partial charge in [0.1, 0.15) is 11.3 Å². The number of aromatic nitrogens is 8. The van der Waals surface area contributed by atoms with E-state index in [0.717, 1.165) is 29.5 Å². The average Bonchev–Trinajstić information content (AvgIpc) is 3.43. The first-order chi connectivity index (χ1) is 16.7. The predicted octanol–water partition coefficient (Wildman–Crippen LogP) is 4.21. The summed E-state index contributed by atoms with van der Waals surface area (Å²) >= 11 is 0. The standard InChI is InChI=1S/C25H27N9O.ClH/c1-24(2)12-18(13-25(3,4)30-24)34-23-21(28-32-34)11-20(27-29-23)19-6-5-15(10-22(19)35)16-7-8-33-17(9-16)14-26-31-33;/h5-11,14,18,30,35H,12-13H2,1-4H3;1H. The lowest BCUT2D eigenvalue weighted by atomic mass is 9.80. The molecule has 10 nitrogen and oxygen atoms in total. The van der Waals surface area contributed by atoms with Crippen LogP contribution in [0.1, 0.15) is 46.6 Å². The summed E-state index contributed by atoms with van der Waals surface area (Å²) in [6.07, 6.45) is 5.38. The highest BCUT2D eigenvalue weighted by atomic mass is 35.5. The van der Waals surface area contributed by atoms with Crippen molar-refractivity contribution in [2.75, 3.05) is 0 Å². The van der Waals surface area contributed by atoms with E-state index in [1.807, 2.05) is 41.2 Å². The minimum absolute atomic E-state index is 0. The molecule has 36 heavy (non-hydrogen) atoms. The van der Waals surface area contributed by atoms with Gasteiger partial charge in [0.2, 0.25) is 5.65 Å². The number of hydrogen-bond donors (Lipinski definition) is 2. The second-order valence-electron chi connectivity index (χ2n) is 10.7. The molecule has 0 radical (unpaired) electrons. The molecule has 0 amide bonds. The van der Waals surface area contributed by atoms with Gasteiger partial charge in [-0.05, 0) is 82.0 Å². The number of phenolic OH excluding ortho intramolecular Hbond substituents is 1. The maximum Gasteiger partial charge on any atom is 0.201 e. The topological polar surface area (TPSA) is 119 Å². The van der Waals surface area contributed by atoms with E-state index in [2.05, 4.69) is 63.8 Å². The molecule has 1 saturated heterocycles. The van der Waals surface area contributed by atoms with Crippen LogP contribution in [-0.4, -0.2) is 56.2 Å². The summed E-state index contributed by atoms with van der Waals surface area (Å²) in [6, 6.07) is 11.4. The molecule has 1 aliphatic heterocycles. The maximum atomic E-state index is 10.8. The van der Waals surface area contributed by atoms with Crippen LogP contribution in [0.3, 0.4) is 0 Å². The van der Waals surface area contributed by atoms with E-state index >= 15 is 0 Å². The largest absolute Gasteiger partial charge is 0.507 e. The van der Waals surface area contributed by atoms with Gasteiger partial charge >= 0.3 is 0 Å². The second-order valence-corrected chi connectivity index (χ2v) is 10.7. The van der Waals surface area contributed by atoms with Crippen molar-refractivity contribution in [2.24, 2.45) is 0 Å². The van der Waals surface area contributed by atoms with Crippen LogP contribution in [0, 0.1) is 0 Å². The number of aromatic hydroxyl groups is 1. The number of fused-ring (bicyclic) bond motifs is 2. The van der Waals surface area contributed by atoms with E-state index < -0.39 is 0 Å². The lowest BCUT2D eigenvalue weighted by Gasteiger charge is -2.46. The van der Waals surface area contributed by atoms with Gasteiger partial charge in [-0.15, -0.1) is 32.8 Å². The van der Waals surface area contributed by atoms with Crippen LogP contribution in [0.15, 0.2) is 48.8 Å². The molecule has 6 rings (SSSR count). The van der Waals surface area contributed by atoms with Crippen LogP contribution in [0.2, 0.25) is 0 Å². The average molecular weight is 506 g/mol. The minimum atomic E-state index is -0.0231. The monoisotopic (exact) mass is 505 g/mol. The van der Waals surface area contributed by atoms with Crippen molar-refractivity contribution in [1.82, 2.24) is 45.3 Å². The number of nitrogens with one attached hydrogen (secondary N) is 1. The van der Waals surface area contributed by atoms with Gasteiger partial charge in [-0.25, -0.2) is 9.20 Å². The Bertz CT molecular complexity index is 1560. The molecular formula is C25H28ClN9O. The Kier molecular flexibility index (Phi) is 5.68. The Morgan fingerprint density at radius 2 is 1.67 bits per heavy atom. The summed E-state index contributed by atoms with van der Waals surface area (Å²) in [4.78, 5) is 0. The van der Waals surface area contributed by atoms with Crippen LogP contribution in [0.4, 0.5) is 0 Å². The van der Waals surface area contributed by atoms with E-state index in [9.17, 15) is 5.11 Å². The Hall–Kier alpha value is -3.63. The highest BCUT2D eigenvalue weighted by Gasteiger charge is 2.39. The van der Waals surface area contributed by atoms with Gasteiger partial charge in [0.05, 0.1) is 23.4 Å². The molecule has 11 heteroatoms. The first-order valence-electron chi connectivity index (χ1n) is 11.7. The quantitative estimate of drug-likeness (QED) is 0.374. The molecule has 0 atom stereocenters. The summed E-state index contributed by atoms with van der Waals surface area (Å²) in [5, 5.41) is 40.2. The Morgan fingerprint density at radius 3 is 2.42 bits per heavy atom. The lowest BCUT2D eigenvalue weighted by molar-refractivity contribution is 0.127. The highest BCUT2D eigenvalue weighted by molar-refractivity contribution is 5.85. The van der Waals surface area contributed by atoms with Crippen molar-refractivity contribution in [3.8, 4) is 28.1 Å². The second kappa shape index (κ2) is 8.49. The van der Waals surface area contributed by atoms with Gasteiger partial charge in [0.15, 0.2) is 0 Å². The predicted molar refractivity (Wildman–Crippen MR) is 139 cm³/mol. The lowest BCUT2D eigenvalue weighted by Crippen LogP contribution is -2.58. The molecule has 1 aliphatic rings.